The van der Waals surface area contributed by atoms with Crippen LogP contribution in [0, 0.1) is 6.92 Å². The van der Waals surface area contributed by atoms with Gasteiger partial charge in [-0.1, -0.05) is 36.4 Å². The minimum Gasteiger partial charge on any atom is -0.497 e. The van der Waals surface area contributed by atoms with E-state index < -0.39 is 0 Å². The zero-order valence-corrected chi connectivity index (χ0v) is 16.7. The van der Waals surface area contributed by atoms with Gasteiger partial charge >= 0.3 is 0 Å². The molecule has 2 heterocycles. The number of aromatic nitrogens is 4. The van der Waals surface area contributed by atoms with Gasteiger partial charge in [-0.15, -0.1) is 5.10 Å². The summed E-state index contributed by atoms with van der Waals surface area (Å²) in [7, 11) is 1.60. The van der Waals surface area contributed by atoms with Crippen LogP contribution in [0.5, 0.6) is 5.75 Å². The number of carbonyl (C=O) groups excluding carboxylic acids is 1. The minimum atomic E-state index is -0.277. The molecule has 7 nitrogen and oxygen atoms in total. The summed E-state index contributed by atoms with van der Waals surface area (Å²) in [4.78, 5) is 22.1. The molecule has 0 atom stereocenters. The number of benzene rings is 2. The fourth-order valence-electron chi connectivity index (χ4n) is 3.07. The van der Waals surface area contributed by atoms with Gasteiger partial charge in [-0.25, -0.2) is 0 Å². The van der Waals surface area contributed by atoms with Crippen molar-refractivity contribution < 1.29 is 9.53 Å². The van der Waals surface area contributed by atoms with Gasteiger partial charge in [0.1, 0.15) is 11.4 Å². The second-order valence-corrected chi connectivity index (χ2v) is 6.71. The summed E-state index contributed by atoms with van der Waals surface area (Å²) in [6, 6.07) is 20.7. The Morgan fingerprint density at radius 1 is 1.07 bits per heavy atom. The molecule has 0 spiro atoms. The van der Waals surface area contributed by atoms with E-state index in [-0.39, 0.29) is 5.91 Å². The predicted octanol–water partition coefficient (Wildman–Crippen LogP) is 3.96. The van der Waals surface area contributed by atoms with E-state index in [0.717, 1.165) is 11.1 Å². The number of ether oxygens (including phenoxy) is 1. The van der Waals surface area contributed by atoms with Gasteiger partial charge in [-0.3, -0.25) is 9.78 Å². The van der Waals surface area contributed by atoms with Crippen molar-refractivity contribution in [2.24, 2.45) is 0 Å². The number of aryl methyl sites for hydroxylation is 1. The molecular weight excluding hydrogens is 378 g/mol. The van der Waals surface area contributed by atoms with Crippen LogP contribution in [0.25, 0.3) is 11.5 Å². The SMILES string of the molecule is COc1ccc(C(=O)n2nc(-c3ccccn3)nc2NCc2ccccc2)c(C)c1. The number of hydrogen-bond acceptors (Lipinski definition) is 6. The number of pyridine rings is 1. The first-order valence-corrected chi connectivity index (χ1v) is 9.51. The third-order valence-corrected chi connectivity index (χ3v) is 4.65. The third-order valence-electron chi connectivity index (χ3n) is 4.65. The van der Waals surface area contributed by atoms with Crippen molar-refractivity contribution in [1.82, 2.24) is 19.7 Å². The smallest absolute Gasteiger partial charge is 0.281 e. The second-order valence-electron chi connectivity index (χ2n) is 6.71. The van der Waals surface area contributed by atoms with Crippen LogP contribution in [0.1, 0.15) is 21.5 Å². The van der Waals surface area contributed by atoms with Gasteiger partial charge in [0, 0.05) is 18.3 Å². The van der Waals surface area contributed by atoms with Crippen LogP contribution < -0.4 is 10.1 Å². The molecule has 2 aromatic carbocycles. The Bertz CT molecular complexity index is 1160. The summed E-state index contributed by atoms with van der Waals surface area (Å²) < 4.78 is 6.54. The fraction of sp³-hybridized carbons (Fsp3) is 0.130. The third kappa shape index (κ3) is 4.05. The quantitative estimate of drug-likeness (QED) is 0.529. The highest BCUT2D eigenvalue weighted by Crippen LogP contribution is 2.21. The van der Waals surface area contributed by atoms with Crippen LogP contribution in [0.3, 0.4) is 0 Å². The Labute approximate surface area is 174 Å². The van der Waals surface area contributed by atoms with Crippen LogP contribution in [0.4, 0.5) is 5.95 Å². The van der Waals surface area contributed by atoms with E-state index in [2.05, 4.69) is 20.4 Å². The van der Waals surface area contributed by atoms with E-state index in [1.807, 2.05) is 61.5 Å². The van der Waals surface area contributed by atoms with Crippen molar-refractivity contribution in [3.8, 4) is 17.3 Å². The topological polar surface area (TPSA) is 81.9 Å². The standard InChI is InChI=1S/C23H21N5O2/c1-16-14-18(30-2)11-12-19(16)22(29)28-23(25-15-17-8-4-3-5-9-17)26-21(27-28)20-10-6-7-13-24-20/h3-14H,15H2,1-2H3,(H,25,26,27). The monoisotopic (exact) mass is 399 g/mol. The van der Waals surface area contributed by atoms with Crippen molar-refractivity contribution >= 4 is 11.9 Å². The number of nitrogens with zero attached hydrogens (tertiary/aromatic N) is 4. The van der Waals surface area contributed by atoms with Crippen molar-refractivity contribution in [3.63, 3.8) is 0 Å². The zero-order chi connectivity index (χ0) is 20.9. The van der Waals surface area contributed by atoms with Crippen molar-refractivity contribution in [2.75, 3.05) is 12.4 Å². The molecule has 0 aliphatic rings. The molecule has 4 rings (SSSR count). The van der Waals surface area contributed by atoms with E-state index >= 15 is 0 Å². The molecule has 0 aliphatic heterocycles. The lowest BCUT2D eigenvalue weighted by atomic mass is 10.1. The molecule has 4 aromatic rings. The average molecular weight is 399 g/mol. The van der Waals surface area contributed by atoms with Gasteiger partial charge < -0.3 is 10.1 Å². The number of hydrogen-bond donors (Lipinski definition) is 1. The van der Waals surface area contributed by atoms with E-state index in [1.54, 1.807) is 25.4 Å². The van der Waals surface area contributed by atoms with Crippen LogP contribution in [0.15, 0.2) is 72.9 Å². The molecule has 0 fully saturated rings. The van der Waals surface area contributed by atoms with Crippen molar-refractivity contribution in [1.29, 1.82) is 0 Å². The predicted molar refractivity (Wildman–Crippen MR) is 114 cm³/mol. The summed E-state index contributed by atoms with van der Waals surface area (Å²) in [5.41, 5.74) is 2.98. The molecule has 0 saturated heterocycles. The van der Waals surface area contributed by atoms with Crippen LogP contribution in [-0.2, 0) is 6.54 Å². The average Bonchev–Trinajstić information content (AvgIpc) is 3.23. The lowest BCUT2D eigenvalue weighted by Gasteiger charge is -2.10. The first kappa shape index (κ1) is 19.3. The maximum Gasteiger partial charge on any atom is 0.281 e. The van der Waals surface area contributed by atoms with E-state index in [9.17, 15) is 4.79 Å². The van der Waals surface area contributed by atoms with Crippen molar-refractivity contribution in [3.05, 3.63) is 89.6 Å². The summed E-state index contributed by atoms with van der Waals surface area (Å²) in [5.74, 6) is 1.16. The largest absolute Gasteiger partial charge is 0.497 e. The molecule has 0 bridgehead atoms. The molecule has 7 heteroatoms. The number of carbonyl (C=O) groups is 1. The minimum absolute atomic E-state index is 0.277. The lowest BCUT2D eigenvalue weighted by Crippen LogP contribution is -2.18. The molecule has 0 aliphatic carbocycles. The number of rotatable bonds is 6. The number of nitrogens with one attached hydrogen (secondary N) is 1. The summed E-state index contributed by atoms with van der Waals surface area (Å²) >= 11 is 0. The molecule has 30 heavy (non-hydrogen) atoms. The maximum absolute atomic E-state index is 13.3. The van der Waals surface area contributed by atoms with E-state index in [1.165, 1.54) is 4.68 Å². The van der Waals surface area contributed by atoms with Gasteiger partial charge in [0.2, 0.25) is 11.8 Å². The Balaban J connectivity index is 1.71. The molecule has 0 amide bonds. The molecule has 0 radical (unpaired) electrons. The number of methoxy groups -OCH3 is 1. The Kier molecular flexibility index (Phi) is 5.52. The van der Waals surface area contributed by atoms with Gasteiger partial charge in [0.25, 0.3) is 5.91 Å². The van der Waals surface area contributed by atoms with Gasteiger partial charge in [-0.05, 0) is 48.4 Å². The maximum atomic E-state index is 13.3. The first-order chi connectivity index (χ1) is 14.7. The molecule has 0 unspecified atom stereocenters. The van der Waals surface area contributed by atoms with Gasteiger partial charge in [-0.2, -0.15) is 9.67 Å². The van der Waals surface area contributed by atoms with E-state index in [0.29, 0.717) is 35.3 Å². The van der Waals surface area contributed by atoms with Crippen molar-refractivity contribution in [2.45, 2.75) is 13.5 Å². The first-order valence-electron chi connectivity index (χ1n) is 9.51. The lowest BCUT2D eigenvalue weighted by molar-refractivity contribution is 0.0947. The number of anilines is 1. The van der Waals surface area contributed by atoms with Crippen LogP contribution >= 0.6 is 0 Å². The Morgan fingerprint density at radius 2 is 1.87 bits per heavy atom. The molecule has 2 aromatic heterocycles. The summed E-state index contributed by atoms with van der Waals surface area (Å²) in [5, 5.41) is 7.68. The fourth-order valence-corrected chi connectivity index (χ4v) is 3.07. The Hall–Kier alpha value is -4.00. The summed E-state index contributed by atoms with van der Waals surface area (Å²) in [6.07, 6.45) is 1.67. The van der Waals surface area contributed by atoms with Gasteiger partial charge in [0.05, 0.1) is 7.11 Å². The molecule has 0 saturated carbocycles. The molecular formula is C23H21N5O2. The van der Waals surface area contributed by atoms with Gasteiger partial charge in [0.15, 0.2) is 0 Å². The normalized spacial score (nSPS) is 10.6. The Morgan fingerprint density at radius 3 is 2.57 bits per heavy atom. The molecule has 1 N–H and O–H groups in total. The second kappa shape index (κ2) is 8.57. The molecule has 150 valence electrons. The van der Waals surface area contributed by atoms with Crippen LogP contribution in [-0.4, -0.2) is 32.8 Å². The van der Waals surface area contributed by atoms with Crippen LogP contribution in [0.2, 0.25) is 0 Å². The van der Waals surface area contributed by atoms with E-state index in [4.69, 9.17) is 4.74 Å². The highest BCUT2D eigenvalue weighted by molar-refractivity contribution is 5.98. The zero-order valence-electron chi connectivity index (χ0n) is 16.7. The summed E-state index contributed by atoms with van der Waals surface area (Å²) in [6.45, 7) is 2.37. The highest BCUT2D eigenvalue weighted by Gasteiger charge is 2.20. The highest BCUT2D eigenvalue weighted by atomic mass is 16.5.